The van der Waals surface area contributed by atoms with Crippen LogP contribution in [0.15, 0.2) is 35.9 Å². The summed E-state index contributed by atoms with van der Waals surface area (Å²) in [5, 5.41) is 0. The SMILES string of the molecule is CCOC(=O)/C=C(C)/C=C/[C@@H]1C[C@]1(C)c1cc(C(C)C)c2c(c1)C(C)(C)CO2. The monoisotopic (exact) mass is 382 g/mol. The van der Waals surface area contributed by atoms with Gasteiger partial charge in [0.1, 0.15) is 5.75 Å². The summed E-state index contributed by atoms with van der Waals surface area (Å²) in [7, 11) is 0. The lowest BCUT2D eigenvalue weighted by Crippen LogP contribution is -2.19. The van der Waals surface area contributed by atoms with E-state index in [0.717, 1.165) is 24.4 Å². The van der Waals surface area contributed by atoms with E-state index < -0.39 is 0 Å². The maximum Gasteiger partial charge on any atom is 0.330 e. The Kier molecular flexibility index (Phi) is 5.49. The van der Waals surface area contributed by atoms with Crippen molar-refractivity contribution in [2.75, 3.05) is 13.2 Å². The molecule has 0 saturated heterocycles. The molecule has 1 saturated carbocycles. The molecule has 0 spiro atoms. The molecule has 3 rings (SSSR count). The van der Waals surface area contributed by atoms with E-state index in [1.807, 2.05) is 13.8 Å². The number of rotatable bonds is 6. The molecule has 2 atom stereocenters. The Morgan fingerprint density at radius 2 is 2.04 bits per heavy atom. The Morgan fingerprint density at radius 3 is 2.68 bits per heavy atom. The lowest BCUT2D eigenvalue weighted by atomic mass is 9.81. The van der Waals surface area contributed by atoms with E-state index >= 15 is 0 Å². The van der Waals surface area contributed by atoms with Gasteiger partial charge in [-0.2, -0.15) is 0 Å². The van der Waals surface area contributed by atoms with Crippen molar-refractivity contribution in [1.82, 2.24) is 0 Å². The third-order valence-electron chi connectivity index (χ3n) is 6.23. The number of carbonyl (C=O) groups is 1. The number of esters is 1. The van der Waals surface area contributed by atoms with Crippen LogP contribution >= 0.6 is 0 Å². The Bertz CT molecular complexity index is 828. The van der Waals surface area contributed by atoms with Crippen molar-refractivity contribution in [3.05, 3.63) is 52.6 Å². The van der Waals surface area contributed by atoms with E-state index in [1.165, 1.54) is 16.7 Å². The van der Waals surface area contributed by atoms with Gasteiger partial charge < -0.3 is 9.47 Å². The topological polar surface area (TPSA) is 35.5 Å². The number of hydrogen-bond acceptors (Lipinski definition) is 3. The molecule has 0 bridgehead atoms. The highest BCUT2D eigenvalue weighted by molar-refractivity contribution is 5.83. The molecule has 0 N–H and O–H groups in total. The van der Waals surface area contributed by atoms with Crippen LogP contribution in [-0.2, 0) is 20.4 Å². The molecule has 0 amide bonds. The van der Waals surface area contributed by atoms with Gasteiger partial charge in [0.15, 0.2) is 0 Å². The molecule has 28 heavy (non-hydrogen) atoms. The molecular weight excluding hydrogens is 348 g/mol. The van der Waals surface area contributed by atoms with Crippen LogP contribution in [0.25, 0.3) is 0 Å². The van der Waals surface area contributed by atoms with Gasteiger partial charge in [0, 0.05) is 17.1 Å². The number of benzene rings is 1. The average molecular weight is 383 g/mol. The standard InChI is InChI=1S/C25H34O3/c1-8-27-22(26)11-17(4)9-10-18-14-25(18,7)19-12-20(16(2)3)23-21(13-19)24(5,6)15-28-23/h9-13,16,18H,8,14-15H2,1-7H3/b10-9+,17-11+/t18-,25+/m1/s1. The molecule has 2 aliphatic rings. The summed E-state index contributed by atoms with van der Waals surface area (Å²) in [6.07, 6.45) is 6.99. The van der Waals surface area contributed by atoms with Crippen LogP contribution in [-0.4, -0.2) is 19.2 Å². The second-order valence-electron chi connectivity index (χ2n) is 9.50. The summed E-state index contributed by atoms with van der Waals surface area (Å²) in [4.78, 5) is 11.6. The van der Waals surface area contributed by atoms with Crippen LogP contribution < -0.4 is 4.74 Å². The minimum atomic E-state index is -0.273. The third kappa shape index (κ3) is 3.90. The van der Waals surface area contributed by atoms with E-state index in [-0.39, 0.29) is 16.8 Å². The minimum absolute atomic E-state index is 0.0601. The summed E-state index contributed by atoms with van der Waals surface area (Å²) >= 11 is 0. The molecule has 1 aliphatic carbocycles. The minimum Gasteiger partial charge on any atom is -0.492 e. The molecular formula is C25H34O3. The first-order valence-electron chi connectivity index (χ1n) is 10.4. The number of allylic oxidation sites excluding steroid dienone is 3. The number of fused-ring (bicyclic) bond motifs is 1. The normalized spacial score (nSPS) is 25.7. The summed E-state index contributed by atoms with van der Waals surface area (Å²) in [5.41, 5.74) is 5.23. The Hall–Kier alpha value is -2.03. The van der Waals surface area contributed by atoms with E-state index in [9.17, 15) is 4.79 Å². The number of ether oxygens (including phenoxy) is 2. The average Bonchev–Trinajstić information content (AvgIpc) is 3.18. The first-order valence-corrected chi connectivity index (χ1v) is 10.4. The van der Waals surface area contributed by atoms with Gasteiger partial charge in [0.05, 0.1) is 13.2 Å². The van der Waals surface area contributed by atoms with Crippen molar-refractivity contribution in [2.45, 2.75) is 71.6 Å². The zero-order chi connectivity index (χ0) is 20.7. The van der Waals surface area contributed by atoms with E-state index in [4.69, 9.17) is 9.47 Å². The fourth-order valence-electron chi connectivity index (χ4n) is 4.10. The van der Waals surface area contributed by atoms with Gasteiger partial charge in [-0.25, -0.2) is 4.79 Å². The van der Waals surface area contributed by atoms with Crippen molar-refractivity contribution >= 4 is 5.97 Å². The van der Waals surface area contributed by atoms with Gasteiger partial charge in [0.25, 0.3) is 0 Å². The molecule has 1 heterocycles. The molecule has 1 aromatic rings. The van der Waals surface area contributed by atoms with Crippen molar-refractivity contribution in [3.63, 3.8) is 0 Å². The lowest BCUT2D eigenvalue weighted by Gasteiger charge is -2.21. The van der Waals surface area contributed by atoms with Crippen LogP contribution in [0.4, 0.5) is 0 Å². The zero-order valence-corrected chi connectivity index (χ0v) is 18.4. The summed E-state index contributed by atoms with van der Waals surface area (Å²) in [6, 6.07) is 4.74. The smallest absolute Gasteiger partial charge is 0.330 e. The van der Waals surface area contributed by atoms with Crippen LogP contribution in [0.5, 0.6) is 5.75 Å². The van der Waals surface area contributed by atoms with Crippen molar-refractivity contribution in [3.8, 4) is 5.75 Å². The fraction of sp³-hybridized carbons (Fsp3) is 0.560. The summed E-state index contributed by atoms with van der Waals surface area (Å²) in [6.45, 7) is 16.3. The van der Waals surface area contributed by atoms with E-state index in [2.05, 4.69) is 58.9 Å². The summed E-state index contributed by atoms with van der Waals surface area (Å²) < 4.78 is 11.1. The largest absolute Gasteiger partial charge is 0.492 e. The van der Waals surface area contributed by atoms with Crippen molar-refractivity contribution in [2.24, 2.45) is 5.92 Å². The van der Waals surface area contributed by atoms with Crippen molar-refractivity contribution in [1.29, 1.82) is 0 Å². The third-order valence-corrected chi connectivity index (χ3v) is 6.23. The maximum absolute atomic E-state index is 11.6. The van der Waals surface area contributed by atoms with Gasteiger partial charge in [-0.3, -0.25) is 0 Å². The molecule has 152 valence electrons. The predicted octanol–water partition coefficient (Wildman–Crippen LogP) is 5.82. The molecule has 0 aromatic heterocycles. The Morgan fingerprint density at radius 1 is 1.32 bits per heavy atom. The van der Waals surface area contributed by atoms with Gasteiger partial charge in [0.2, 0.25) is 0 Å². The van der Waals surface area contributed by atoms with Gasteiger partial charge >= 0.3 is 5.97 Å². The number of carbonyl (C=O) groups excluding carboxylic acids is 1. The maximum atomic E-state index is 11.6. The van der Waals surface area contributed by atoms with Crippen LogP contribution in [0.2, 0.25) is 0 Å². The molecule has 1 fully saturated rings. The predicted molar refractivity (Wildman–Crippen MR) is 114 cm³/mol. The second kappa shape index (κ2) is 7.42. The van der Waals surface area contributed by atoms with Gasteiger partial charge in [-0.15, -0.1) is 0 Å². The quantitative estimate of drug-likeness (QED) is 0.353. The highest BCUT2D eigenvalue weighted by Crippen LogP contribution is 2.57. The molecule has 3 heteroatoms. The molecule has 1 aliphatic heterocycles. The molecule has 0 radical (unpaired) electrons. The van der Waals surface area contributed by atoms with Gasteiger partial charge in [-0.05, 0) is 54.2 Å². The van der Waals surface area contributed by atoms with Gasteiger partial charge in [-0.1, -0.05) is 58.9 Å². The Balaban J connectivity index is 1.84. The Labute approximate surface area is 169 Å². The lowest BCUT2D eigenvalue weighted by molar-refractivity contribution is -0.137. The number of hydrogen-bond donors (Lipinski definition) is 0. The summed E-state index contributed by atoms with van der Waals surface area (Å²) in [5.74, 6) is 1.76. The second-order valence-corrected chi connectivity index (χ2v) is 9.50. The highest BCUT2D eigenvalue weighted by atomic mass is 16.5. The van der Waals surface area contributed by atoms with E-state index in [0.29, 0.717) is 18.4 Å². The van der Waals surface area contributed by atoms with Crippen LogP contribution in [0.3, 0.4) is 0 Å². The first kappa shape index (κ1) is 20.7. The van der Waals surface area contributed by atoms with Crippen LogP contribution in [0.1, 0.15) is 77.5 Å². The van der Waals surface area contributed by atoms with Crippen LogP contribution in [0, 0.1) is 5.92 Å². The first-order chi connectivity index (χ1) is 13.1. The molecule has 3 nitrogen and oxygen atoms in total. The zero-order valence-electron chi connectivity index (χ0n) is 18.4. The fourth-order valence-corrected chi connectivity index (χ4v) is 4.10. The molecule has 1 aromatic carbocycles. The van der Waals surface area contributed by atoms with E-state index in [1.54, 1.807) is 6.08 Å². The molecule has 0 unspecified atom stereocenters. The highest BCUT2D eigenvalue weighted by Gasteiger charge is 2.50. The van der Waals surface area contributed by atoms with Crippen molar-refractivity contribution < 1.29 is 14.3 Å².